The lowest BCUT2D eigenvalue weighted by Gasteiger charge is -2.30. The maximum Gasteiger partial charge on any atom is 0.407 e. The second-order valence-electron chi connectivity index (χ2n) is 6.06. The van der Waals surface area contributed by atoms with E-state index in [-0.39, 0.29) is 28.1 Å². The van der Waals surface area contributed by atoms with Crippen molar-refractivity contribution >= 4 is 17.7 Å². The number of halogens is 2. The van der Waals surface area contributed by atoms with E-state index in [2.05, 4.69) is 0 Å². The number of pyridine rings is 1. The molecule has 0 atom stereocenters. The van der Waals surface area contributed by atoms with Crippen LogP contribution in [0.1, 0.15) is 18.4 Å². The van der Waals surface area contributed by atoms with Crippen LogP contribution in [0.2, 0.25) is 5.02 Å². The first kappa shape index (κ1) is 18.7. The lowest BCUT2D eigenvalue weighted by Crippen LogP contribution is -2.41. The van der Waals surface area contributed by atoms with Crippen LogP contribution in [0.25, 0.3) is 5.69 Å². The number of hydrogen-bond acceptors (Lipinski definition) is 4. The number of hydrogen-bond donors (Lipinski definition) is 1. The normalized spacial score (nSPS) is 14.6. The summed E-state index contributed by atoms with van der Waals surface area (Å²) in [5.41, 5.74) is -0.355. The minimum absolute atomic E-state index is 0.120. The molecule has 1 aromatic carbocycles. The third-order valence-corrected chi connectivity index (χ3v) is 4.61. The maximum absolute atomic E-state index is 13.8. The van der Waals surface area contributed by atoms with E-state index in [1.54, 1.807) is 6.07 Å². The minimum atomic E-state index is -0.969. The summed E-state index contributed by atoms with van der Waals surface area (Å²) in [6, 6.07) is 6.74. The van der Waals surface area contributed by atoms with Crippen molar-refractivity contribution in [3.63, 3.8) is 0 Å². The molecule has 3 rings (SSSR count). The molecule has 0 radical (unpaired) electrons. The summed E-state index contributed by atoms with van der Waals surface area (Å²) in [6.07, 6.45) is 1.09. The van der Waals surface area contributed by atoms with Crippen molar-refractivity contribution in [2.75, 3.05) is 13.1 Å². The predicted molar refractivity (Wildman–Crippen MR) is 95.0 cm³/mol. The summed E-state index contributed by atoms with van der Waals surface area (Å²) >= 11 is 6.21. The molecular formula is C18H15ClFN3O4. The molecule has 0 aliphatic carbocycles. The van der Waals surface area contributed by atoms with Crippen molar-refractivity contribution in [1.29, 1.82) is 5.26 Å². The van der Waals surface area contributed by atoms with Crippen LogP contribution in [0.5, 0.6) is 5.75 Å². The zero-order valence-corrected chi connectivity index (χ0v) is 14.8. The third kappa shape index (κ3) is 4.04. The Balaban J connectivity index is 1.80. The Morgan fingerprint density at radius 3 is 2.63 bits per heavy atom. The molecule has 0 spiro atoms. The van der Waals surface area contributed by atoms with Crippen molar-refractivity contribution < 1.29 is 19.0 Å². The van der Waals surface area contributed by atoms with Gasteiger partial charge in [-0.3, -0.25) is 9.36 Å². The molecule has 9 heteroatoms. The number of nitriles is 1. The number of benzene rings is 1. The van der Waals surface area contributed by atoms with Crippen molar-refractivity contribution in [3.05, 3.63) is 57.2 Å². The van der Waals surface area contributed by atoms with Gasteiger partial charge in [-0.25, -0.2) is 9.18 Å². The van der Waals surface area contributed by atoms with E-state index >= 15 is 0 Å². The minimum Gasteiger partial charge on any atom is -0.488 e. The van der Waals surface area contributed by atoms with E-state index in [0.29, 0.717) is 25.9 Å². The number of ether oxygens (including phenoxy) is 1. The Labute approximate surface area is 158 Å². The Morgan fingerprint density at radius 2 is 2.04 bits per heavy atom. The fourth-order valence-electron chi connectivity index (χ4n) is 2.87. The number of carbonyl (C=O) groups is 1. The molecule has 1 N–H and O–H groups in total. The molecular weight excluding hydrogens is 377 g/mol. The lowest BCUT2D eigenvalue weighted by molar-refractivity contribution is 0.0894. The number of nitrogens with zero attached hydrogens (tertiary/aromatic N) is 3. The van der Waals surface area contributed by atoms with Gasteiger partial charge in [0.25, 0.3) is 5.56 Å². The predicted octanol–water partition coefficient (Wildman–Crippen LogP) is 3.02. The molecule has 0 saturated carbocycles. The molecule has 1 saturated heterocycles. The standard InChI is InChI=1S/C18H15ClFN3O4/c19-14-10-23(12-2-1-11(9-21)15(20)7-12)17(24)8-16(14)27-13-3-5-22(6-4-13)18(25)26/h1-2,7-8,10,13H,3-6H2,(H,25,26). The fourth-order valence-corrected chi connectivity index (χ4v) is 3.07. The number of rotatable bonds is 3. The summed E-state index contributed by atoms with van der Waals surface area (Å²) in [5, 5.41) is 17.9. The van der Waals surface area contributed by atoms with Crippen molar-refractivity contribution in [2.45, 2.75) is 18.9 Å². The molecule has 2 aromatic rings. The van der Waals surface area contributed by atoms with Gasteiger partial charge in [-0.05, 0) is 18.2 Å². The average Bonchev–Trinajstić information content (AvgIpc) is 2.64. The molecule has 1 fully saturated rings. The molecule has 1 aliphatic heterocycles. The van der Waals surface area contributed by atoms with Gasteiger partial charge in [-0.2, -0.15) is 5.26 Å². The first-order chi connectivity index (χ1) is 12.9. The molecule has 2 heterocycles. The number of carboxylic acid groups (broad SMARTS) is 1. The van der Waals surface area contributed by atoms with Gasteiger partial charge in [0.15, 0.2) is 0 Å². The van der Waals surface area contributed by atoms with Crippen LogP contribution in [0.4, 0.5) is 9.18 Å². The zero-order chi connectivity index (χ0) is 19.6. The van der Waals surface area contributed by atoms with Gasteiger partial charge < -0.3 is 14.7 Å². The molecule has 140 valence electrons. The molecule has 0 bridgehead atoms. The van der Waals surface area contributed by atoms with Crippen LogP contribution >= 0.6 is 11.6 Å². The molecule has 0 unspecified atom stereocenters. The van der Waals surface area contributed by atoms with Gasteiger partial charge >= 0.3 is 6.09 Å². The van der Waals surface area contributed by atoms with Gasteiger partial charge in [0.2, 0.25) is 0 Å². The maximum atomic E-state index is 13.8. The highest BCUT2D eigenvalue weighted by atomic mass is 35.5. The van der Waals surface area contributed by atoms with E-state index in [1.807, 2.05) is 0 Å². The first-order valence-corrected chi connectivity index (χ1v) is 8.53. The van der Waals surface area contributed by atoms with Crippen LogP contribution in [-0.2, 0) is 0 Å². The second-order valence-corrected chi connectivity index (χ2v) is 6.46. The van der Waals surface area contributed by atoms with Crippen LogP contribution < -0.4 is 10.3 Å². The molecule has 1 aromatic heterocycles. The summed E-state index contributed by atoms with van der Waals surface area (Å²) in [6.45, 7) is 0.693. The topological polar surface area (TPSA) is 95.6 Å². The second kappa shape index (κ2) is 7.68. The van der Waals surface area contributed by atoms with Crippen LogP contribution in [0.3, 0.4) is 0 Å². The SMILES string of the molecule is N#Cc1ccc(-n2cc(Cl)c(OC3CCN(C(=O)O)CC3)cc2=O)cc1F. The highest BCUT2D eigenvalue weighted by molar-refractivity contribution is 6.31. The Bertz CT molecular complexity index is 978. The highest BCUT2D eigenvalue weighted by Gasteiger charge is 2.24. The molecule has 27 heavy (non-hydrogen) atoms. The Morgan fingerprint density at radius 1 is 1.33 bits per heavy atom. The molecule has 7 nitrogen and oxygen atoms in total. The number of amides is 1. The van der Waals surface area contributed by atoms with Crippen molar-refractivity contribution in [2.24, 2.45) is 0 Å². The zero-order valence-electron chi connectivity index (χ0n) is 14.1. The summed E-state index contributed by atoms with van der Waals surface area (Å²) in [4.78, 5) is 24.6. The van der Waals surface area contributed by atoms with E-state index in [0.717, 1.165) is 10.6 Å². The quantitative estimate of drug-likeness (QED) is 0.867. The number of likely N-dealkylation sites (tertiary alicyclic amines) is 1. The third-order valence-electron chi connectivity index (χ3n) is 4.33. The molecule has 1 aliphatic rings. The van der Waals surface area contributed by atoms with Crippen LogP contribution in [0, 0.1) is 17.1 Å². The summed E-state index contributed by atoms with van der Waals surface area (Å²) in [5.74, 6) is -0.538. The van der Waals surface area contributed by atoms with Gasteiger partial charge in [0, 0.05) is 38.2 Å². The van der Waals surface area contributed by atoms with Crippen molar-refractivity contribution in [1.82, 2.24) is 9.47 Å². The largest absolute Gasteiger partial charge is 0.488 e. The average molecular weight is 392 g/mol. The fraction of sp³-hybridized carbons (Fsp3) is 0.278. The summed E-state index contributed by atoms with van der Waals surface area (Å²) in [7, 11) is 0. The van der Waals surface area contributed by atoms with Crippen LogP contribution in [-0.4, -0.2) is 39.9 Å². The molecule has 1 amide bonds. The van der Waals surface area contributed by atoms with Gasteiger partial charge in [-0.1, -0.05) is 11.6 Å². The highest BCUT2D eigenvalue weighted by Crippen LogP contribution is 2.26. The van der Waals surface area contributed by atoms with E-state index < -0.39 is 17.5 Å². The first-order valence-electron chi connectivity index (χ1n) is 8.16. The van der Waals surface area contributed by atoms with Gasteiger partial charge in [0.05, 0.1) is 16.3 Å². The van der Waals surface area contributed by atoms with Gasteiger partial charge in [-0.15, -0.1) is 0 Å². The van der Waals surface area contributed by atoms with Crippen molar-refractivity contribution in [3.8, 4) is 17.5 Å². The van der Waals surface area contributed by atoms with Crippen LogP contribution in [0.15, 0.2) is 35.3 Å². The monoisotopic (exact) mass is 391 g/mol. The number of piperidine rings is 1. The van der Waals surface area contributed by atoms with Gasteiger partial charge in [0.1, 0.15) is 23.7 Å². The van der Waals surface area contributed by atoms with E-state index in [1.165, 1.54) is 29.3 Å². The summed E-state index contributed by atoms with van der Waals surface area (Å²) < 4.78 is 20.7. The number of aromatic nitrogens is 1. The smallest absolute Gasteiger partial charge is 0.407 e. The Kier molecular flexibility index (Phi) is 5.33. The van der Waals surface area contributed by atoms with E-state index in [4.69, 9.17) is 26.7 Å². The Hall–Kier alpha value is -3.05. The lowest BCUT2D eigenvalue weighted by atomic mass is 10.1. The van der Waals surface area contributed by atoms with E-state index in [9.17, 15) is 14.0 Å².